The van der Waals surface area contributed by atoms with Crippen molar-refractivity contribution in [1.82, 2.24) is 0 Å². The second-order valence-corrected chi connectivity index (χ2v) is 0. The summed E-state index contributed by atoms with van der Waals surface area (Å²) < 4.78 is 0. The van der Waals surface area contributed by atoms with Crippen molar-refractivity contribution < 1.29 is 32.7 Å². The third-order valence-corrected chi connectivity index (χ3v) is 0. The zero-order valence-corrected chi connectivity index (χ0v) is 5.57. The first-order valence-electron chi connectivity index (χ1n) is 0. The molecule has 0 nitrogen and oxygen atoms in total. The molecule has 0 spiro atoms. The van der Waals surface area contributed by atoms with E-state index in [4.69, 9.17) is 0 Å². The van der Waals surface area contributed by atoms with E-state index >= 15 is 0 Å². The van der Waals surface area contributed by atoms with E-state index < -0.39 is 0 Å². The first-order chi connectivity index (χ1) is 0. The van der Waals surface area contributed by atoms with Crippen molar-refractivity contribution in [3.05, 3.63) is 22.3 Å². The molecule has 0 aromatic carbocycles. The van der Waals surface area contributed by atoms with Gasteiger partial charge in [-0.25, -0.2) is 0 Å². The summed E-state index contributed by atoms with van der Waals surface area (Å²) in [6, 6.07) is 0. The molecule has 0 atom stereocenters. The van der Waals surface area contributed by atoms with Gasteiger partial charge in [0.05, 0.1) is 0 Å². The zero-order valence-electron chi connectivity index (χ0n) is 2.73. The molecule has 0 aliphatic rings. The van der Waals surface area contributed by atoms with Crippen molar-refractivity contribution in [3.8, 4) is 0 Å². The van der Waals surface area contributed by atoms with Gasteiger partial charge in [0.1, 0.15) is 0 Å². The molecular weight excluding hydrogens is 125 g/mol. The Bertz CT molecular complexity index is 3.25. The van der Waals surface area contributed by atoms with Crippen LogP contribution in [0.1, 0.15) is 0 Å². The van der Waals surface area contributed by atoms with Crippen molar-refractivity contribution in [2.75, 3.05) is 0 Å². The van der Waals surface area contributed by atoms with Gasteiger partial charge < -0.3 is 22.3 Å². The SMILES string of the molecule is [CH-].[CH-].[CH3-].[Y+3]. The van der Waals surface area contributed by atoms with E-state index in [1.54, 1.807) is 0 Å². The summed E-state index contributed by atoms with van der Waals surface area (Å²) in [5.41, 5.74) is 0. The third-order valence-electron chi connectivity index (χ3n) is 0. The summed E-state index contributed by atoms with van der Waals surface area (Å²) in [6.45, 7) is 0. The molecule has 0 saturated carbocycles. The van der Waals surface area contributed by atoms with Gasteiger partial charge >= 0.3 is 32.7 Å². The molecule has 0 heterocycles. The molecule has 0 amide bonds. The van der Waals surface area contributed by atoms with Gasteiger partial charge in [-0.2, -0.15) is 0 Å². The van der Waals surface area contributed by atoms with Crippen molar-refractivity contribution in [2.45, 2.75) is 0 Å². The molecule has 0 fully saturated rings. The Morgan fingerprint density at radius 2 is 0.750 bits per heavy atom. The van der Waals surface area contributed by atoms with Gasteiger partial charge in [-0.05, 0) is 0 Å². The van der Waals surface area contributed by atoms with Gasteiger partial charge in [0.25, 0.3) is 0 Å². The van der Waals surface area contributed by atoms with Crippen LogP contribution in [0.5, 0.6) is 0 Å². The van der Waals surface area contributed by atoms with Gasteiger partial charge in [0.2, 0.25) is 0 Å². The van der Waals surface area contributed by atoms with Crippen LogP contribution in [0.4, 0.5) is 0 Å². The standard InChI is InChI=1S/CH3.2CH.Y/h1H3;2*1H;/q3*-1;+3. The van der Waals surface area contributed by atoms with Crippen molar-refractivity contribution in [3.63, 3.8) is 0 Å². The second kappa shape index (κ2) is 32.4. The normalized spacial score (nSPS) is 0. The van der Waals surface area contributed by atoms with Crippen LogP contribution in [-0.4, -0.2) is 0 Å². The van der Waals surface area contributed by atoms with Gasteiger partial charge in [0, 0.05) is 0 Å². The molecule has 4 radical (unpaired) electrons. The summed E-state index contributed by atoms with van der Waals surface area (Å²) in [6.07, 6.45) is 0. The van der Waals surface area contributed by atoms with E-state index in [9.17, 15) is 0 Å². The van der Waals surface area contributed by atoms with Gasteiger partial charge in [-0.15, -0.1) is 0 Å². The topological polar surface area (TPSA) is 0 Å². The summed E-state index contributed by atoms with van der Waals surface area (Å²) in [5.74, 6) is 0. The summed E-state index contributed by atoms with van der Waals surface area (Å²) in [5, 5.41) is 0. The predicted octanol–water partition coefficient (Wildman–Crippen LogP) is 0.856. The molecule has 0 N–H and O–H groups in total. The van der Waals surface area contributed by atoms with Crippen molar-refractivity contribution in [2.24, 2.45) is 0 Å². The maximum Gasteiger partial charge on any atom is 3.00 e. The summed E-state index contributed by atoms with van der Waals surface area (Å²) >= 11 is 0. The average molecular weight is 130 g/mol. The molecule has 4 heavy (non-hydrogen) atoms. The number of rotatable bonds is 0. The Hall–Kier alpha value is 1.10. The van der Waals surface area contributed by atoms with E-state index in [0.717, 1.165) is 0 Å². The Labute approximate surface area is 54.9 Å². The largest absolute Gasteiger partial charge is 3.00 e. The first kappa shape index (κ1) is 70.5. The molecular formula is C3H5Y. The van der Waals surface area contributed by atoms with Gasteiger partial charge in [0.15, 0.2) is 0 Å². The summed E-state index contributed by atoms with van der Waals surface area (Å²) in [7, 11) is 0. The third kappa shape index (κ3) is 11.3. The molecule has 0 unspecified atom stereocenters. The Morgan fingerprint density at radius 3 is 0.750 bits per heavy atom. The average Bonchev–Trinajstić information content (AvgIpc) is 0. The maximum atomic E-state index is 0. The van der Waals surface area contributed by atoms with E-state index in [-0.39, 0.29) is 55.0 Å². The van der Waals surface area contributed by atoms with Gasteiger partial charge in [-0.1, -0.05) is 0 Å². The predicted molar refractivity (Wildman–Crippen MR) is 15.0 cm³/mol. The molecule has 0 saturated heterocycles. The fraction of sp³-hybridized carbons (Fsp3) is 0. The van der Waals surface area contributed by atoms with E-state index in [2.05, 4.69) is 0 Å². The van der Waals surface area contributed by atoms with Crippen LogP contribution in [0.15, 0.2) is 0 Å². The number of hydrogen-bond acceptors (Lipinski definition) is 0. The van der Waals surface area contributed by atoms with Crippen LogP contribution < -0.4 is 0 Å². The summed E-state index contributed by atoms with van der Waals surface area (Å²) in [4.78, 5) is 0. The van der Waals surface area contributed by atoms with Crippen LogP contribution in [0.3, 0.4) is 0 Å². The van der Waals surface area contributed by atoms with E-state index in [1.807, 2.05) is 0 Å². The molecule has 0 aromatic rings. The monoisotopic (exact) mass is 130 g/mol. The molecule has 0 bridgehead atoms. The van der Waals surface area contributed by atoms with Crippen LogP contribution in [0.2, 0.25) is 0 Å². The Kier molecular flexibility index (Phi) is 572. The quantitative estimate of drug-likeness (QED) is 0.426. The van der Waals surface area contributed by atoms with Crippen LogP contribution >= 0.6 is 0 Å². The fourth-order valence-corrected chi connectivity index (χ4v) is 0. The second-order valence-electron chi connectivity index (χ2n) is 0. The minimum Gasteiger partial charge on any atom is -0.726 e. The Morgan fingerprint density at radius 1 is 0.750 bits per heavy atom. The first-order valence-corrected chi connectivity index (χ1v) is 0. The molecule has 0 rings (SSSR count). The Balaban J connectivity index is 0. The minimum atomic E-state index is 0. The van der Waals surface area contributed by atoms with Crippen LogP contribution in [-0.2, 0) is 32.7 Å². The van der Waals surface area contributed by atoms with Crippen LogP contribution in [0, 0.1) is 22.3 Å². The van der Waals surface area contributed by atoms with Crippen molar-refractivity contribution in [1.29, 1.82) is 0 Å². The van der Waals surface area contributed by atoms with Crippen molar-refractivity contribution >= 4 is 0 Å². The molecule has 0 aliphatic carbocycles. The smallest absolute Gasteiger partial charge is 0.726 e. The molecule has 20 valence electrons. The van der Waals surface area contributed by atoms with E-state index in [0.29, 0.717) is 0 Å². The van der Waals surface area contributed by atoms with Crippen LogP contribution in [0.25, 0.3) is 0 Å². The maximum absolute atomic E-state index is 0. The molecule has 1 heteroatoms. The number of hydrogen-bond donors (Lipinski definition) is 0. The minimum absolute atomic E-state index is 0. The zero-order chi connectivity index (χ0) is 0. The fourth-order valence-electron chi connectivity index (χ4n) is 0. The molecule has 0 aliphatic heterocycles. The molecule has 0 aromatic heterocycles. The van der Waals surface area contributed by atoms with Gasteiger partial charge in [-0.3, -0.25) is 0 Å². The van der Waals surface area contributed by atoms with E-state index in [1.165, 1.54) is 0 Å².